The molecule has 2 rings (SSSR count). The lowest BCUT2D eigenvalue weighted by Gasteiger charge is -2.11. The number of aryl methyl sites for hydroxylation is 1. The number of benzene rings is 1. The van der Waals surface area contributed by atoms with Crippen LogP contribution in [0.15, 0.2) is 30.5 Å². The minimum Gasteiger partial charge on any atom is -0.493 e. The maximum absolute atomic E-state index is 13.4. The molecule has 2 aromatic rings. The van der Waals surface area contributed by atoms with Gasteiger partial charge in [-0.2, -0.15) is 5.10 Å². The van der Waals surface area contributed by atoms with Gasteiger partial charge < -0.3 is 10.5 Å². The lowest BCUT2D eigenvalue weighted by Crippen LogP contribution is -2.09. The van der Waals surface area contributed by atoms with Crippen LogP contribution >= 0.6 is 0 Å². The van der Waals surface area contributed by atoms with E-state index in [1.54, 1.807) is 23.0 Å². The van der Waals surface area contributed by atoms with Crippen LogP contribution in [0.1, 0.15) is 11.3 Å². The van der Waals surface area contributed by atoms with E-state index in [1.165, 1.54) is 6.07 Å². The standard InChI is InChI=1S/C13H16FN3O/c1-17-10(5-7-16-17)6-8-18-13-4-2-3-12(14)11(13)9-15/h2-5,7H,6,8-9,15H2,1H3. The Morgan fingerprint density at radius 1 is 1.39 bits per heavy atom. The SMILES string of the molecule is Cn1nccc1CCOc1cccc(F)c1CN. The van der Waals surface area contributed by atoms with Crippen LogP contribution in [0.25, 0.3) is 0 Å². The Balaban J connectivity index is 1.98. The van der Waals surface area contributed by atoms with Crippen LogP contribution < -0.4 is 10.5 Å². The van der Waals surface area contributed by atoms with Crippen molar-refractivity contribution >= 4 is 0 Å². The first-order chi connectivity index (χ1) is 8.72. The first-order valence-corrected chi connectivity index (χ1v) is 5.79. The number of rotatable bonds is 5. The van der Waals surface area contributed by atoms with E-state index in [9.17, 15) is 4.39 Å². The van der Waals surface area contributed by atoms with Gasteiger partial charge in [0.15, 0.2) is 0 Å². The number of nitrogens with two attached hydrogens (primary N) is 1. The lowest BCUT2D eigenvalue weighted by atomic mass is 10.2. The van der Waals surface area contributed by atoms with Crippen molar-refractivity contribution in [1.29, 1.82) is 0 Å². The second-order valence-corrected chi connectivity index (χ2v) is 3.97. The Morgan fingerprint density at radius 2 is 2.22 bits per heavy atom. The molecule has 0 saturated heterocycles. The van der Waals surface area contributed by atoms with E-state index >= 15 is 0 Å². The van der Waals surface area contributed by atoms with Crippen LogP contribution in [0, 0.1) is 5.82 Å². The van der Waals surface area contributed by atoms with Gasteiger partial charge in [-0.25, -0.2) is 4.39 Å². The highest BCUT2D eigenvalue weighted by Crippen LogP contribution is 2.20. The van der Waals surface area contributed by atoms with Gasteiger partial charge >= 0.3 is 0 Å². The second-order valence-electron chi connectivity index (χ2n) is 3.97. The first-order valence-electron chi connectivity index (χ1n) is 5.79. The van der Waals surface area contributed by atoms with Gasteiger partial charge in [-0.15, -0.1) is 0 Å². The van der Waals surface area contributed by atoms with Crippen LogP contribution in [0.3, 0.4) is 0 Å². The van der Waals surface area contributed by atoms with Crippen molar-refractivity contribution in [3.8, 4) is 5.75 Å². The first kappa shape index (κ1) is 12.6. The molecule has 0 fully saturated rings. The van der Waals surface area contributed by atoms with E-state index in [-0.39, 0.29) is 12.4 Å². The summed E-state index contributed by atoms with van der Waals surface area (Å²) in [5, 5.41) is 4.07. The molecular formula is C13H16FN3O. The summed E-state index contributed by atoms with van der Waals surface area (Å²) < 4.78 is 20.8. The number of aromatic nitrogens is 2. The van der Waals surface area contributed by atoms with E-state index in [2.05, 4.69) is 5.10 Å². The average Bonchev–Trinajstić information content (AvgIpc) is 2.75. The summed E-state index contributed by atoms with van der Waals surface area (Å²) >= 11 is 0. The molecule has 0 aliphatic carbocycles. The van der Waals surface area contributed by atoms with Gasteiger partial charge in [0, 0.05) is 37.5 Å². The Hall–Kier alpha value is -1.88. The van der Waals surface area contributed by atoms with Gasteiger partial charge in [0.25, 0.3) is 0 Å². The quantitative estimate of drug-likeness (QED) is 0.876. The van der Waals surface area contributed by atoms with Crippen LogP contribution in [0.5, 0.6) is 5.75 Å². The van der Waals surface area contributed by atoms with Crippen LogP contribution in [-0.2, 0) is 20.0 Å². The fraction of sp³-hybridized carbons (Fsp3) is 0.308. The third kappa shape index (κ3) is 2.68. The van der Waals surface area contributed by atoms with Gasteiger partial charge in [0.05, 0.1) is 6.61 Å². The molecule has 18 heavy (non-hydrogen) atoms. The number of hydrogen-bond acceptors (Lipinski definition) is 3. The lowest BCUT2D eigenvalue weighted by molar-refractivity contribution is 0.313. The molecule has 5 heteroatoms. The minimum absolute atomic E-state index is 0.133. The van der Waals surface area contributed by atoms with Crippen LogP contribution in [-0.4, -0.2) is 16.4 Å². The topological polar surface area (TPSA) is 53.1 Å². The fourth-order valence-corrected chi connectivity index (χ4v) is 1.78. The molecule has 4 nitrogen and oxygen atoms in total. The highest BCUT2D eigenvalue weighted by atomic mass is 19.1. The molecule has 0 spiro atoms. The molecule has 0 bridgehead atoms. The zero-order chi connectivity index (χ0) is 13.0. The summed E-state index contributed by atoms with van der Waals surface area (Å²) in [6.07, 6.45) is 2.46. The molecule has 1 aromatic heterocycles. The van der Waals surface area contributed by atoms with Crippen molar-refractivity contribution < 1.29 is 9.13 Å². The van der Waals surface area contributed by atoms with E-state index < -0.39 is 0 Å². The molecule has 0 saturated carbocycles. The van der Waals surface area contributed by atoms with E-state index in [4.69, 9.17) is 10.5 Å². The largest absolute Gasteiger partial charge is 0.493 e. The van der Waals surface area contributed by atoms with Gasteiger partial charge in [-0.05, 0) is 18.2 Å². The Bertz CT molecular complexity index is 525. The molecule has 0 unspecified atom stereocenters. The van der Waals surface area contributed by atoms with Crippen molar-refractivity contribution in [3.05, 3.63) is 47.5 Å². The summed E-state index contributed by atoms with van der Waals surface area (Å²) in [6.45, 7) is 0.601. The summed E-state index contributed by atoms with van der Waals surface area (Å²) in [5.41, 5.74) is 7.00. The molecule has 2 N–H and O–H groups in total. The number of ether oxygens (including phenoxy) is 1. The van der Waals surface area contributed by atoms with Gasteiger partial charge in [0.1, 0.15) is 11.6 Å². The summed E-state index contributed by atoms with van der Waals surface area (Å²) in [7, 11) is 1.88. The van der Waals surface area contributed by atoms with Crippen molar-refractivity contribution in [3.63, 3.8) is 0 Å². The van der Waals surface area contributed by atoms with Crippen molar-refractivity contribution in [2.45, 2.75) is 13.0 Å². The zero-order valence-corrected chi connectivity index (χ0v) is 10.3. The molecule has 0 aliphatic heterocycles. The molecule has 0 amide bonds. The molecule has 96 valence electrons. The molecular weight excluding hydrogens is 233 g/mol. The monoisotopic (exact) mass is 249 g/mol. The van der Waals surface area contributed by atoms with Gasteiger partial charge in [0.2, 0.25) is 0 Å². The van der Waals surface area contributed by atoms with Crippen molar-refractivity contribution in [1.82, 2.24) is 9.78 Å². The Kier molecular flexibility index (Phi) is 3.94. The maximum Gasteiger partial charge on any atom is 0.131 e. The van der Waals surface area contributed by atoms with Gasteiger partial charge in [-0.3, -0.25) is 4.68 Å². The third-order valence-corrected chi connectivity index (χ3v) is 2.82. The van der Waals surface area contributed by atoms with Crippen molar-refractivity contribution in [2.24, 2.45) is 12.8 Å². The number of halogens is 1. The second kappa shape index (κ2) is 5.64. The van der Waals surface area contributed by atoms with Crippen molar-refractivity contribution in [2.75, 3.05) is 6.61 Å². The van der Waals surface area contributed by atoms with Gasteiger partial charge in [-0.1, -0.05) is 6.07 Å². The Morgan fingerprint density at radius 3 is 2.89 bits per heavy atom. The highest BCUT2D eigenvalue weighted by molar-refractivity contribution is 5.34. The predicted octanol–water partition coefficient (Wildman–Crippen LogP) is 1.64. The highest BCUT2D eigenvalue weighted by Gasteiger charge is 2.08. The molecule has 0 radical (unpaired) electrons. The smallest absolute Gasteiger partial charge is 0.131 e. The fourth-order valence-electron chi connectivity index (χ4n) is 1.78. The molecule has 0 aliphatic rings. The molecule has 1 aromatic carbocycles. The van der Waals surface area contributed by atoms with Crippen LogP contribution in [0.2, 0.25) is 0 Å². The normalized spacial score (nSPS) is 10.6. The minimum atomic E-state index is -0.324. The predicted molar refractivity (Wildman–Crippen MR) is 66.7 cm³/mol. The van der Waals surface area contributed by atoms with Crippen LogP contribution in [0.4, 0.5) is 4.39 Å². The number of nitrogens with zero attached hydrogens (tertiary/aromatic N) is 2. The van der Waals surface area contributed by atoms with E-state index in [1.807, 2.05) is 13.1 Å². The molecule has 0 atom stereocenters. The summed E-state index contributed by atoms with van der Waals surface area (Å²) in [4.78, 5) is 0. The number of hydrogen-bond donors (Lipinski definition) is 1. The van der Waals surface area contributed by atoms with E-state index in [0.29, 0.717) is 17.9 Å². The summed E-state index contributed by atoms with van der Waals surface area (Å²) in [5.74, 6) is 0.190. The maximum atomic E-state index is 13.4. The molecule has 1 heterocycles. The third-order valence-electron chi connectivity index (χ3n) is 2.82. The average molecular weight is 249 g/mol. The zero-order valence-electron chi connectivity index (χ0n) is 10.3. The summed E-state index contributed by atoms with van der Waals surface area (Å²) in [6, 6.07) is 6.66. The Labute approximate surface area is 105 Å². The van der Waals surface area contributed by atoms with E-state index in [0.717, 1.165) is 12.1 Å².